The molecule has 21 heavy (non-hydrogen) atoms. The number of carbonyl (C=O) groups is 1. The van der Waals surface area contributed by atoms with E-state index in [1.165, 1.54) is 0 Å². The van der Waals surface area contributed by atoms with Crippen molar-refractivity contribution >= 4 is 34.8 Å². The second-order valence-corrected chi connectivity index (χ2v) is 5.42. The van der Waals surface area contributed by atoms with Crippen LogP contribution < -0.4 is 10.6 Å². The van der Waals surface area contributed by atoms with E-state index in [0.717, 1.165) is 16.8 Å². The Balaban J connectivity index is 1.99. The van der Waals surface area contributed by atoms with E-state index in [1.807, 2.05) is 42.5 Å². The molecule has 0 saturated heterocycles. The summed E-state index contributed by atoms with van der Waals surface area (Å²) in [7, 11) is 1.63. The molecule has 0 fully saturated rings. The second-order valence-electron chi connectivity index (χ2n) is 4.60. The normalized spacial score (nSPS) is 10.2. The highest BCUT2D eigenvalue weighted by molar-refractivity contribution is 6.36. The average molecular weight is 323 g/mol. The van der Waals surface area contributed by atoms with Crippen LogP contribution in [0.5, 0.6) is 0 Å². The first-order valence-corrected chi connectivity index (χ1v) is 7.32. The number of carbonyl (C=O) groups excluding carboxylic acids is 1. The van der Waals surface area contributed by atoms with Crippen molar-refractivity contribution in [1.29, 1.82) is 0 Å². The van der Waals surface area contributed by atoms with Crippen molar-refractivity contribution in [3.63, 3.8) is 0 Å². The highest BCUT2D eigenvalue weighted by Crippen LogP contribution is 2.25. The van der Waals surface area contributed by atoms with Gasteiger partial charge in [-0.1, -0.05) is 41.4 Å². The van der Waals surface area contributed by atoms with Gasteiger partial charge in [0.25, 0.3) is 0 Å². The lowest BCUT2D eigenvalue weighted by Crippen LogP contribution is -2.19. The first-order chi connectivity index (χ1) is 10.1. The quantitative estimate of drug-likeness (QED) is 0.876. The molecule has 1 amide bonds. The van der Waals surface area contributed by atoms with Crippen molar-refractivity contribution in [2.75, 3.05) is 12.4 Å². The zero-order chi connectivity index (χ0) is 15.2. The van der Waals surface area contributed by atoms with E-state index < -0.39 is 0 Å². The summed E-state index contributed by atoms with van der Waals surface area (Å²) < 4.78 is 0. The summed E-state index contributed by atoms with van der Waals surface area (Å²) >= 11 is 12.3. The molecule has 5 heteroatoms. The van der Waals surface area contributed by atoms with E-state index in [1.54, 1.807) is 7.05 Å². The summed E-state index contributed by atoms with van der Waals surface area (Å²) in [4.78, 5) is 11.3. The number of nitrogens with one attached hydrogen (secondary N) is 2. The van der Waals surface area contributed by atoms with Crippen LogP contribution in [0.1, 0.15) is 11.1 Å². The average Bonchev–Trinajstić information content (AvgIpc) is 2.48. The van der Waals surface area contributed by atoms with Crippen LogP contribution in [-0.2, 0) is 17.8 Å². The van der Waals surface area contributed by atoms with Gasteiger partial charge in [0.05, 0.1) is 6.42 Å². The van der Waals surface area contributed by atoms with Crippen LogP contribution in [0.25, 0.3) is 0 Å². The first-order valence-electron chi connectivity index (χ1n) is 6.56. The number of amides is 1. The molecule has 0 radical (unpaired) electrons. The molecule has 3 nitrogen and oxygen atoms in total. The first kappa shape index (κ1) is 15.7. The zero-order valence-corrected chi connectivity index (χ0v) is 13.1. The van der Waals surface area contributed by atoms with E-state index in [2.05, 4.69) is 10.6 Å². The summed E-state index contributed by atoms with van der Waals surface area (Å²) in [5, 5.41) is 7.16. The number of anilines is 1. The van der Waals surface area contributed by atoms with Gasteiger partial charge < -0.3 is 10.6 Å². The molecule has 0 aliphatic heterocycles. The molecule has 2 N–H and O–H groups in total. The molecule has 2 aromatic carbocycles. The lowest BCUT2D eigenvalue weighted by Gasteiger charge is -2.10. The van der Waals surface area contributed by atoms with Crippen LogP contribution in [0, 0.1) is 0 Å². The van der Waals surface area contributed by atoms with Gasteiger partial charge in [0.1, 0.15) is 0 Å². The van der Waals surface area contributed by atoms with Crippen molar-refractivity contribution in [2.24, 2.45) is 0 Å². The minimum absolute atomic E-state index is 0.00133. The summed E-state index contributed by atoms with van der Waals surface area (Å²) in [6.45, 7) is 0.549. The molecular weight excluding hydrogens is 307 g/mol. The molecule has 2 rings (SSSR count). The SMILES string of the molecule is CNC(=O)Cc1ccc(NCc2c(Cl)cccc2Cl)cc1. The van der Waals surface area contributed by atoms with E-state index in [-0.39, 0.29) is 5.91 Å². The Hall–Kier alpha value is -1.71. The van der Waals surface area contributed by atoms with Crippen LogP contribution in [0.4, 0.5) is 5.69 Å². The molecule has 0 atom stereocenters. The molecule has 0 aliphatic rings. The standard InChI is InChI=1S/C16H16Cl2N2O/c1-19-16(21)9-11-5-7-12(8-6-11)20-10-13-14(17)3-2-4-15(13)18/h2-8,20H,9-10H2,1H3,(H,19,21). The molecule has 0 heterocycles. The van der Waals surface area contributed by atoms with Gasteiger partial charge in [-0.25, -0.2) is 0 Å². The highest BCUT2D eigenvalue weighted by Gasteiger charge is 2.05. The molecular formula is C16H16Cl2N2O. The maximum Gasteiger partial charge on any atom is 0.224 e. The van der Waals surface area contributed by atoms with Crippen molar-refractivity contribution in [3.05, 3.63) is 63.6 Å². The van der Waals surface area contributed by atoms with Crippen LogP contribution in [0.2, 0.25) is 10.0 Å². The fourth-order valence-corrected chi connectivity index (χ4v) is 2.44. The summed E-state index contributed by atoms with van der Waals surface area (Å²) in [6, 6.07) is 13.2. The number of hydrogen-bond donors (Lipinski definition) is 2. The zero-order valence-electron chi connectivity index (χ0n) is 11.6. The van der Waals surface area contributed by atoms with Crippen LogP contribution >= 0.6 is 23.2 Å². The Kier molecular flexibility index (Phi) is 5.48. The van der Waals surface area contributed by atoms with E-state index in [9.17, 15) is 4.79 Å². The lowest BCUT2D eigenvalue weighted by atomic mass is 10.1. The molecule has 0 bridgehead atoms. The monoisotopic (exact) mass is 322 g/mol. The third-order valence-corrected chi connectivity index (χ3v) is 3.84. The number of benzene rings is 2. The predicted octanol–water partition coefficient (Wildman–Crippen LogP) is 3.89. The van der Waals surface area contributed by atoms with Gasteiger partial charge in [0.15, 0.2) is 0 Å². The van der Waals surface area contributed by atoms with Crippen molar-refractivity contribution in [2.45, 2.75) is 13.0 Å². The van der Waals surface area contributed by atoms with Crippen LogP contribution in [0.3, 0.4) is 0 Å². The van der Waals surface area contributed by atoms with Gasteiger partial charge in [0.2, 0.25) is 5.91 Å². The largest absolute Gasteiger partial charge is 0.381 e. The van der Waals surface area contributed by atoms with E-state index >= 15 is 0 Å². The second kappa shape index (κ2) is 7.34. The molecule has 0 saturated carbocycles. The maximum atomic E-state index is 11.3. The van der Waals surface area contributed by atoms with Crippen molar-refractivity contribution in [1.82, 2.24) is 5.32 Å². The molecule has 110 valence electrons. The third kappa shape index (κ3) is 4.38. The van der Waals surface area contributed by atoms with Gasteiger partial charge in [-0.2, -0.15) is 0 Å². The van der Waals surface area contributed by atoms with Gasteiger partial charge >= 0.3 is 0 Å². The number of rotatable bonds is 5. The predicted molar refractivity (Wildman–Crippen MR) is 88.0 cm³/mol. The lowest BCUT2D eigenvalue weighted by molar-refractivity contribution is -0.119. The van der Waals surface area contributed by atoms with Crippen molar-refractivity contribution < 1.29 is 4.79 Å². The fourth-order valence-electron chi connectivity index (χ4n) is 1.91. The number of likely N-dealkylation sites (N-methyl/N-ethyl adjacent to an activating group) is 1. The highest BCUT2D eigenvalue weighted by atomic mass is 35.5. The van der Waals surface area contributed by atoms with Crippen LogP contribution in [-0.4, -0.2) is 13.0 Å². The summed E-state index contributed by atoms with van der Waals surface area (Å²) in [5.74, 6) is -0.00133. The molecule has 0 unspecified atom stereocenters. The Morgan fingerprint density at radius 3 is 2.24 bits per heavy atom. The van der Waals surface area contributed by atoms with E-state index in [4.69, 9.17) is 23.2 Å². The topological polar surface area (TPSA) is 41.1 Å². The van der Waals surface area contributed by atoms with E-state index in [0.29, 0.717) is 23.0 Å². The van der Waals surface area contributed by atoms with Crippen LogP contribution in [0.15, 0.2) is 42.5 Å². The molecule has 2 aromatic rings. The van der Waals surface area contributed by atoms with Gasteiger partial charge in [-0.15, -0.1) is 0 Å². The van der Waals surface area contributed by atoms with Gasteiger partial charge in [0, 0.05) is 34.9 Å². The number of halogens is 2. The smallest absolute Gasteiger partial charge is 0.224 e. The summed E-state index contributed by atoms with van der Waals surface area (Å²) in [5.41, 5.74) is 2.79. The van der Waals surface area contributed by atoms with Gasteiger partial charge in [-0.3, -0.25) is 4.79 Å². The third-order valence-electron chi connectivity index (χ3n) is 3.13. The Morgan fingerprint density at radius 1 is 1.05 bits per heavy atom. The molecule has 0 aliphatic carbocycles. The Morgan fingerprint density at radius 2 is 1.67 bits per heavy atom. The minimum Gasteiger partial charge on any atom is -0.381 e. The fraction of sp³-hybridized carbons (Fsp3) is 0.188. The minimum atomic E-state index is -0.00133. The Labute approximate surface area is 134 Å². The molecule has 0 aromatic heterocycles. The number of hydrogen-bond acceptors (Lipinski definition) is 2. The Bertz CT molecular complexity index is 606. The van der Waals surface area contributed by atoms with Gasteiger partial charge in [-0.05, 0) is 29.8 Å². The summed E-state index contributed by atoms with van der Waals surface area (Å²) in [6.07, 6.45) is 0.382. The molecule has 0 spiro atoms. The van der Waals surface area contributed by atoms with Crippen molar-refractivity contribution in [3.8, 4) is 0 Å². The maximum absolute atomic E-state index is 11.3.